The molecule has 6 heteroatoms. The number of hydrogen-bond donors (Lipinski definition) is 1. The number of carbonyl (C=O) groups is 1. The van der Waals surface area contributed by atoms with Gasteiger partial charge < -0.3 is 14.6 Å². The second-order valence-electron chi connectivity index (χ2n) is 7.36. The number of imidazole rings is 1. The molecule has 146 valence electrons. The van der Waals surface area contributed by atoms with Gasteiger partial charge in [0, 0.05) is 13.2 Å². The number of aromatic nitrogens is 2. The predicted octanol–water partition coefficient (Wildman–Crippen LogP) is 3.98. The summed E-state index contributed by atoms with van der Waals surface area (Å²) in [6, 6.07) is 10.3. The van der Waals surface area contributed by atoms with Crippen LogP contribution in [0.15, 0.2) is 41.7 Å². The molecule has 27 heavy (non-hydrogen) atoms. The van der Waals surface area contributed by atoms with E-state index in [1.807, 2.05) is 24.4 Å². The Morgan fingerprint density at radius 2 is 2.19 bits per heavy atom. The van der Waals surface area contributed by atoms with Crippen LogP contribution < -0.4 is 5.32 Å². The van der Waals surface area contributed by atoms with Crippen LogP contribution in [0.2, 0.25) is 0 Å². The number of hydrogen-bond acceptors (Lipinski definition) is 4. The van der Waals surface area contributed by atoms with Gasteiger partial charge in [-0.05, 0) is 30.7 Å². The Bertz CT molecular complexity index is 724. The largest absolute Gasteiger partial charge is 0.376 e. The van der Waals surface area contributed by atoms with Gasteiger partial charge >= 0.3 is 0 Å². The lowest BCUT2D eigenvalue weighted by Crippen LogP contribution is -2.27. The molecule has 1 N–H and O–H groups in total. The molecular formula is C21H29N3O2S. The van der Waals surface area contributed by atoms with E-state index in [9.17, 15) is 4.79 Å². The van der Waals surface area contributed by atoms with Crippen molar-refractivity contribution in [3.8, 4) is 11.3 Å². The summed E-state index contributed by atoms with van der Waals surface area (Å²) in [5.74, 6) is 1.04. The Labute approximate surface area is 165 Å². The SMILES string of the molecule is CC(C)CCNC(=O)CSc1ncc(-c2ccccc2)n1CC1CCCO1. The Morgan fingerprint density at radius 3 is 2.89 bits per heavy atom. The van der Waals surface area contributed by atoms with E-state index < -0.39 is 0 Å². The molecule has 0 aliphatic carbocycles. The average Bonchev–Trinajstić information content (AvgIpc) is 3.31. The fourth-order valence-electron chi connectivity index (χ4n) is 3.16. The number of benzene rings is 1. The molecule has 3 rings (SSSR count). The van der Waals surface area contributed by atoms with Crippen molar-refractivity contribution in [3.63, 3.8) is 0 Å². The topological polar surface area (TPSA) is 56.2 Å². The maximum absolute atomic E-state index is 12.1. The van der Waals surface area contributed by atoms with E-state index in [0.29, 0.717) is 11.7 Å². The summed E-state index contributed by atoms with van der Waals surface area (Å²) < 4.78 is 8.04. The summed E-state index contributed by atoms with van der Waals surface area (Å²) in [7, 11) is 0. The highest BCUT2D eigenvalue weighted by molar-refractivity contribution is 7.99. The lowest BCUT2D eigenvalue weighted by Gasteiger charge is -2.16. The Kier molecular flexibility index (Phi) is 7.35. The summed E-state index contributed by atoms with van der Waals surface area (Å²) in [6.45, 7) is 6.67. The van der Waals surface area contributed by atoms with Gasteiger partial charge in [-0.2, -0.15) is 0 Å². The van der Waals surface area contributed by atoms with Crippen LogP contribution in [0, 0.1) is 5.92 Å². The number of nitrogens with zero attached hydrogens (tertiary/aromatic N) is 2. The van der Waals surface area contributed by atoms with Crippen LogP contribution in [-0.4, -0.2) is 40.5 Å². The lowest BCUT2D eigenvalue weighted by atomic mass is 10.1. The zero-order chi connectivity index (χ0) is 19.1. The first kappa shape index (κ1) is 20.0. The first-order valence-electron chi connectivity index (χ1n) is 9.75. The highest BCUT2D eigenvalue weighted by atomic mass is 32.2. The van der Waals surface area contributed by atoms with Gasteiger partial charge in [-0.25, -0.2) is 4.98 Å². The van der Waals surface area contributed by atoms with Crippen molar-refractivity contribution >= 4 is 17.7 Å². The van der Waals surface area contributed by atoms with Crippen molar-refractivity contribution in [1.29, 1.82) is 0 Å². The normalized spacial score (nSPS) is 16.8. The van der Waals surface area contributed by atoms with E-state index in [0.717, 1.165) is 55.4 Å². The monoisotopic (exact) mass is 387 g/mol. The number of rotatable bonds is 9. The average molecular weight is 388 g/mol. The van der Waals surface area contributed by atoms with E-state index in [-0.39, 0.29) is 12.0 Å². The van der Waals surface area contributed by atoms with Crippen molar-refractivity contribution in [3.05, 3.63) is 36.5 Å². The highest BCUT2D eigenvalue weighted by Crippen LogP contribution is 2.28. The van der Waals surface area contributed by atoms with Crippen LogP contribution in [0.25, 0.3) is 11.3 Å². The van der Waals surface area contributed by atoms with Gasteiger partial charge in [-0.15, -0.1) is 0 Å². The van der Waals surface area contributed by atoms with Crippen LogP contribution in [0.5, 0.6) is 0 Å². The molecule has 1 unspecified atom stereocenters. The molecule has 1 aromatic carbocycles. The highest BCUT2D eigenvalue weighted by Gasteiger charge is 2.21. The molecule has 1 aliphatic rings. The summed E-state index contributed by atoms with van der Waals surface area (Å²) in [5.41, 5.74) is 2.21. The van der Waals surface area contributed by atoms with Gasteiger partial charge in [0.2, 0.25) is 5.91 Å². The summed E-state index contributed by atoms with van der Waals surface area (Å²) in [6.07, 6.45) is 5.32. The minimum Gasteiger partial charge on any atom is -0.376 e. The van der Waals surface area contributed by atoms with Gasteiger partial charge in [0.15, 0.2) is 5.16 Å². The zero-order valence-corrected chi connectivity index (χ0v) is 17.0. The van der Waals surface area contributed by atoms with E-state index in [4.69, 9.17) is 4.74 Å². The molecule has 1 aromatic heterocycles. The third kappa shape index (κ3) is 5.84. The fraction of sp³-hybridized carbons (Fsp3) is 0.524. The van der Waals surface area contributed by atoms with E-state index in [1.165, 1.54) is 11.8 Å². The number of ether oxygens (including phenoxy) is 1. The molecule has 2 heterocycles. The lowest BCUT2D eigenvalue weighted by molar-refractivity contribution is -0.118. The van der Waals surface area contributed by atoms with Crippen molar-refractivity contribution < 1.29 is 9.53 Å². The van der Waals surface area contributed by atoms with E-state index in [1.54, 1.807) is 0 Å². The first-order valence-corrected chi connectivity index (χ1v) is 10.7. The molecule has 0 spiro atoms. The van der Waals surface area contributed by atoms with Crippen molar-refractivity contribution in [2.45, 2.75) is 50.9 Å². The number of nitrogens with one attached hydrogen (secondary N) is 1. The summed E-state index contributed by atoms with van der Waals surface area (Å²) in [5, 5.41) is 3.87. The zero-order valence-electron chi connectivity index (χ0n) is 16.2. The first-order chi connectivity index (χ1) is 13.1. The van der Waals surface area contributed by atoms with Crippen molar-refractivity contribution in [2.24, 2.45) is 5.92 Å². The van der Waals surface area contributed by atoms with Crippen LogP contribution in [0.4, 0.5) is 0 Å². The van der Waals surface area contributed by atoms with Crippen LogP contribution >= 0.6 is 11.8 Å². The number of carbonyl (C=O) groups excluding carboxylic acids is 1. The molecule has 1 amide bonds. The standard InChI is InChI=1S/C21H29N3O2S/c1-16(2)10-11-22-20(25)15-27-21-23-13-19(17-7-4-3-5-8-17)24(21)14-18-9-6-12-26-18/h3-5,7-8,13,16,18H,6,9-12,14-15H2,1-2H3,(H,22,25). The van der Waals surface area contributed by atoms with Crippen LogP contribution in [0.3, 0.4) is 0 Å². The van der Waals surface area contributed by atoms with Crippen LogP contribution in [-0.2, 0) is 16.1 Å². The number of thioether (sulfide) groups is 1. The summed E-state index contributed by atoms with van der Waals surface area (Å²) >= 11 is 1.50. The maximum Gasteiger partial charge on any atom is 0.230 e. The second-order valence-corrected chi connectivity index (χ2v) is 8.30. The maximum atomic E-state index is 12.1. The Morgan fingerprint density at radius 1 is 1.37 bits per heavy atom. The Balaban J connectivity index is 1.68. The fourth-order valence-corrected chi connectivity index (χ4v) is 3.98. The van der Waals surface area contributed by atoms with Gasteiger partial charge in [0.1, 0.15) is 0 Å². The molecule has 0 saturated carbocycles. The quantitative estimate of drug-likeness (QED) is 0.661. The molecule has 1 saturated heterocycles. The minimum absolute atomic E-state index is 0.0635. The van der Waals surface area contributed by atoms with Crippen molar-refractivity contribution in [2.75, 3.05) is 18.9 Å². The molecular weight excluding hydrogens is 358 g/mol. The van der Waals surface area contributed by atoms with Gasteiger partial charge in [0.25, 0.3) is 0 Å². The molecule has 1 aliphatic heterocycles. The predicted molar refractivity (Wildman–Crippen MR) is 110 cm³/mol. The third-order valence-electron chi connectivity index (χ3n) is 4.67. The summed E-state index contributed by atoms with van der Waals surface area (Å²) in [4.78, 5) is 16.7. The molecule has 0 radical (unpaired) electrons. The van der Waals surface area contributed by atoms with Gasteiger partial charge in [-0.1, -0.05) is 55.9 Å². The smallest absolute Gasteiger partial charge is 0.230 e. The second kappa shape index (κ2) is 9.95. The molecule has 2 aromatic rings. The molecule has 5 nitrogen and oxygen atoms in total. The van der Waals surface area contributed by atoms with Gasteiger partial charge in [0.05, 0.1) is 30.3 Å². The van der Waals surface area contributed by atoms with Crippen LogP contribution in [0.1, 0.15) is 33.1 Å². The minimum atomic E-state index is 0.0635. The number of amides is 1. The Hall–Kier alpha value is -1.79. The van der Waals surface area contributed by atoms with E-state index >= 15 is 0 Å². The van der Waals surface area contributed by atoms with Gasteiger partial charge in [-0.3, -0.25) is 4.79 Å². The van der Waals surface area contributed by atoms with E-state index in [2.05, 4.69) is 40.8 Å². The molecule has 0 bridgehead atoms. The molecule has 1 atom stereocenters. The third-order valence-corrected chi connectivity index (χ3v) is 5.67. The van der Waals surface area contributed by atoms with Crippen molar-refractivity contribution in [1.82, 2.24) is 14.9 Å². The molecule has 1 fully saturated rings.